The van der Waals surface area contributed by atoms with Gasteiger partial charge in [-0.3, -0.25) is 4.90 Å². The summed E-state index contributed by atoms with van der Waals surface area (Å²) < 4.78 is 5.78. The Morgan fingerprint density at radius 2 is 1.76 bits per heavy atom. The van der Waals surface area contributed by atoms with Crippen molar-refractivity contribution in [3.8, 4) is 0 Å². The highest BCUT2D eigenvalue weighted by Gasteiger charge is 2.35. The molecule has 1 saturated carbocycles. The Labute approximate surface area is 157 Å². The molecule has 3 nitrogen and oxygen atoms in total. The van der Waals surface area contributed by atoms with Crippen LogP contribution in [0, 0.1) is 5.92 Å². The van der Waals surface area contributed by atoms with Gasteiger partial charge in [-0.05, 0) is 78.7 Å². The Hall–Kier alpha value is -0.120. The minimum atomic E-state index is 0.325. The van der Waals surface area contributed by atoms with Crippen molar-refractivity contribution in [3.63, 3.8) is 0 Å². The van der Waals surface area contributed by atoms with Crippen molar-refractivity contribution in [2.24, 2.45) is 5.92 Å². The van der Waals surface area contributed by atoms with Crippen LogP contribution in [0.5, 0.6) is 0 Å². The quantitative estimate of drug-likeness (QED) is 0.546. The van der Waals surface area contributed by atoms with Crippen LogP contribution in [0.2, 0.25) is 0 Å². The normalized spacial score (nSPS) is 29.6. The van der Waals surface area contributed by atoms with Crippen molar-refractivity contribution in [3.05, 3.63) is 0 Å². The predicted molar refractivity (Wildman–Crippen MR) is 108 cm³/mol. The van der Waals surface area contributed by atoms with E-state index in [0.717, 1.165) is 12.5 Å². The third kappa shape index (κ3) is 6.52. The first-order valence-corrected chi connectivity index (χ1v) is 11.1. The zero-order valence-electron chi connectivity index (χ0n) is 17.7. The highest BCUT2D eigenvalue weighted by Crippen LogP contribution is 2.30. The lowest BCUT2D eigenvalue weighted by Gasteiger charge is -2.50. The molecule has 1 aliphatic heterocycles. The molecule has 1 unspecified atom stereocenters. The molecule has 1 heterocycles. The summed E-state index contributed by atoms with van der Waals surface area (Å²) in [5.41, 5.74) is 0.325. The lowest BCUT2D eigenvalue weighted by Crippen LogP contribution is -2.61. The molecule has 2 rings (SSSR count). The van der Waals surface area contributed by atoms with Crippen molar-refractivity contribution in [1.29, 1.82) is 0 Å². The molecule has 1 atom stereocenters. The average molecular weight is 353 g/mol. The molecule has 0 radical (unpaired) electrons. The summed E-state index contributed by atoms with van der Waals surface area (Å²) in [6.45, 7) is 17.6. The maximum atomic E-state index is 5.78. The first kappa shape index (κ1) is 21.2. The Morgan fingerprint density at radius 3 is 2.36 bits per heavy atom. The maximum absolute atomic E-state index is 5.78. The maximum Gasteiger partial charge on any atom is 0.0575 e. The predicted octanol–water partition coefficient (Wildman–Crippen LogP) is 4.95. The topological polar surface area (TPSA) is 15.7 Å². The lowest BCUT2D eigenvalue weighted by atomic mass is 9.84. The molecule has 2 aliphatic rings. The minimum Gasteiger partial charge on any atom is -0.379 e. The fourth-order valence-corrected chi connectivity index (χ4v) is 5.09. The van der Waals surface area contributed by atoms with Crippen molar-refractivity contribution in [1.82, 2.24) is 9.80 Å². The zero-order valence-corrected chi connectivity index (χ0v) is 17.7. The van der Waals surface area contributed by atoms with E-state index in [1.807, 2.05) is 0 Å². The van der Waals surface area contributed by atoms with Crippen molar-refractivity contribution >= 4 is 0 Å². The molecule has 0 amide bonds. The second kappa shape index (κ2) is 10.3. The van der Waals surface area contributed by atoms with E-state index in [1.54, 1.807) is 0 Å². The van der Waals surface area contributed by atoms with Gasteiger partial charge in [0.15, 0.2) is 0 Å². The third-order valence-electron chi connectivity index (χ3n) is 6.70. The van der Waals surface area contributed by atoms with Crippen LogP contribution in [0.4, 0.5) is 0 Å². The fraction of sp³-hybridized carbons (Fsp3) is 1.00. The van der Waals surface area contributed by atoms with Crippen LogP contribution in [0.15, 0.2) is 0 Å². The van der Waals surface area contributed by atoms with Crippen LogP contribution < -0.4 is 0 Å². The van der Waals surface area contributed by atoms with Gasteiger partial charge in [0.05, 0.1) is 6.10 Å². The van der Waals surface area contributed by atoms with Crippen LogP contribution in [0.25, 0.3) is 0 Å². The van der Waals surface area contributed by atoms with Gasteiger partial charge in [-0.1, -0.05) is 19.8 Å². The van der Waals surface area contributed by atoms with Crippen LogP contribution >= 0.6 is 0 Å². The second-order valence-electron chi connectivity index (χ2n) is 9.13. The number of piperazine rings is 1. The van der Waals surface area contributed by atoms with E-state index in [0.29, 0.717) is 17.7 Å². The number of rotatable bonds is 9. The molecule has 1 saturated heterocycles. The number of hydrogen-bond acceptors (Lipinski definition) is 3. The summed E-state index contributed by atoms with van der Waals surface area (Å²) in [6.07, 6.45) is 11.4. The Kier molecular flexibility index (Phi) is 8.71. The van der Waals surface area contributed by atoms with Crippen molar-refractivity contribution < 1.29 is 4.74 Å². The first-order valence-electron chi connectivity index (χ1n) is 11.1. The number of ether oxygens (including phenoxy) is 1. The highest BCUT2D eigenvalue weighted by molar-refractivity contribution is 4.92. The lowest BCUT2D eigenvalue weighted by molar-refractivity contribution is -0.00794. The van der Waals surface area contributed by atoms with E-state index >= 15 is 0 Å². The molecular formula is C22H44N2O. The number of hydrogen-bond donors (Lipinski definition) is 0. The molecule has 0 bridgehead atoms. The molecule has 148 valence electrons. The van der Waals surface area contributed by atoms with E-state index < -0.39 is 0 Å². The molecule has 2 fully saturated rings. The van der Waals surface area contributed by atoms with Gasteiger partial charge in [0.2, 0.25) is 0 Å². The standard InChI is InChI=1S/C22H44N2O/c1-6-19(3)24-17-16-23(18-22(24,4)5)15-9-8-10-20-11-13-21(14-12-20)25-7-2/h19-21H,6-18H2,1-5H3. The van der Waals surface area contributed by atoms with E-state index in [-0.39, 0.29) is 0 Å². The molecule has 1 aliphatic carbocycles. The SMILES string of the molecule is CCOC1CCC(CCCCN2CCN(C(C)CC)C(C)(C)C2)CC1. The summed E-state index contributed by atoms with van der Waals surface area (Å²) >= 11 is 0. The van der Waals surface area contributed by atoms with Gasteiger partial charge in [0.25, 0.3) is 0 Å². The molecule has 25 heavy (non-hydrogen) atoms. The molecule has 0 aromatic heterocycles. The molecule has 0 N–H and O–H groups in total. The Morgan fingerprint density at radius 1 is 1.04 bits per heavy atom. The summed E-state index contributed by atoms with van der Waals surface area (Å²) in [5.74, 6) is 0.968. The smallest absolute Gasteiger partial charge is 0.0575 e. The molecule has 0 aromatic rings. The van der Waals surface area contributed by atoms with Gasteiger partial charge in [0.1, 0.15) is 0 Å². The Balaban J connectivity index is 1.60. The van der Waals surface area contributed by atoms with Crippen molar-refractivity contribution in [2.75, 3.05) is 32.8 Å². The summed E-state index contributed by atoms with van der Waals surface area (Å²) in [7, 11) is 0. The summed E-state index contributed by atoms with van der Waals surface area (Å²) in [4.78, 5) is 5.44. The molecule has 0 aromatic carbocycles. The summed E-state index contributed by atoms with van der Waals surface area (Å²) in [5, 5.41) is 0. The minimum absolute atomic E-state index is 0.325. The van der Waals surface area contributed by atoms with Gasteiger partial charge >= 0.3 is 0 Å². The molecular weight excluding hydrogens is 308 g/mol. The van der Waals surface area contributed by atoms with Gasteiger partial charge in [-0.15, -0.1) is 0 Å². The average Bonchev–Trinajstić information content (AvgIpc) is 2.59. The van der Waals surface area contributed by atoms with E-state index in [2.05, 4.69) is 44.4 Å². The monoisotopic (exact) mass is 352 g/mol. The van der Waals surface area contributed by atoms with Gasteiger partial charge < -0.3 is 9.64 Å². The molecule has 3 heteroatoms. The third-order valence-corrected chi connectivity index (χ3v) is 6.70. The van der Waals surface area contributed by atoms with E-state index in [9.17, 15) is 0 Å². The van der Waals surface area contributed by atoms with Crippen molar-refractivity contribution in [2.45, 2.75) is 104 Å². The first-order chi connectivity index (χ1) is 12.0. The van der Waals surface area contributed by atoms with Crippen LogP contribution in [-0.4, -0.2) is 60.3 Å². The van der Waals surface area contributed by atoms with Crippen LogP contribution in [0.1, 0.15) is 86.0 Å². The second-order valence-corrected chi connectivity index (χ2v) is 9.13. The Bertz CT molecular complexity index is 363. The fourth-order valence-electron chi connectivity index (χ4n) is 5.09. The van der Waals surface area contributed by atoms with Crippen LogP contribution in [0.3, 0.4) is 0 Å². The molecule has 0 spiro atoms. The van der Waals surface area contributed by atoms with Gasteiger partial charge in [-0.2, -0.15) is 0 Å². The number of unbranched alkanes of at least 4 members (excludes halogenated alkanes) is 1. The number of nitrogens with zero attached hydrogens (tertiary/aromatic N) is 2. The zero-order chi connectivity index (χ0) is 18.3. The summed E-state index contributed by atoms with van der Waals surface area (Å²) in [6, 6.07) is 0.712. The van der Waals surface area contributed by atoms with Gasteiger partial charge in [0, 0.05) is 37.8 Å². The van der Waals surface area contributed by atoms with Gasteiger partial charge in [-0.25, -0.2) is 0 Å². The van der Waals surface area contributed by atoms with Crippen LogP contribution in [-0.2, 0) is 4.74 Å². The van der Waals surface area contributed by atoms with E-state index in [1.165, 1.54) is 77.5 Å². The highest BCUT2D eigenvalue weighted by atomic mass is 16.5. The van der Waals surface area contributed by atoms with E-state index in [4.69, 9.17) is 4.74 Å². The largest absolute Gasteiger partial charge is 0.379 e.